The maximum absolute atomic E-state index is 13.0. The van der Waals surface area contributed by atoms with Gasteiger partial charge in [-0.2, -0.15) is 0 Å². The van der Waals surface area contributed by atoms with Gasteiger partial charge in [-0.3, -0.25) is 4.79 Å². The maximum atomic E-state index is 13.0. The Morgan fingerprint density at radius 3 is 2.61 bits per heavy atom. The van der Waals surface area contributed by atoms with Gasteiger partial charge in [0, 0.05) is 31.0 Å². The Labute approximate surface area is 165 Å². The highest BCUT2D eigenvalue weighted by molar-refractivity contribution is 5.83. The molecule has 0 saturated carbocycles. The fourth-order valence-electron chi connectivity index (χ4n) is 4.21. The Bertz CT molecular complexity index is 888. The van der Waals surface area contributed by atoms with Crippen LogP contribution in [0.15, 0.2) is 36.8 Å². The van der Waals surface area contributed by atoms with Gasteiger partial charge in [0.15, 0.2) is 0 Å². The molecule has 0 unspecified atom stereocenters. The molecule has 28 heavy (non-hydrogen) atoms. The van der Waals surface area contributed by atoms with E-state index in [9.17, 15) is 9.59 Å². The second-order valence-corrected chi connectivity index (χ2v) is 8.70. The number of piperidine rings is 1. The molecule has 1 atom stereocenters. The number of amides is 1. The van der Waals surface area contributed by atoms with Crippen LogP contribution < -0.4 is 0 Å². The summed E-state index contributed by atoms with van der Waals surface area (Å²) in [6.45, 7) is 6.74. The van der Waals surface area contributed by atoms with Gasteiger partial charge in [0.25, 0.3) is 0 Å². The van der Waals surface area contributed by atoms with Crippen molar-refractivity contribution in [3.63, 3.8) is 0 Å². The summed E-state index contributed by atoms with van der Waals surface area (Å²) in [6, 6.07) is 8.26. The van der Waals surface area contributed by atoms with E-state index in [-0.39, 0.29) is 23.8 Å². The zero-order valence-electron chi connectivity index (χ0n) is 16.7. The monoisotopic (exact) mass is 381 g/mol. The first-order chi connectivity index (χ1) is 13.3. The van der Waals surface area contributed by atoms with Crippen molar-refractivity contribution >= 4 is 11.9 Å². The number of benzene rings is 1. The molecule has 4 rings (SSSR count). The number of rotatable bonds is 3. The normalized spacial score (nSPS) is 19.2. The number of aromatic nitrogens is 2. The third kappa shape index (κ3) is 3.55. The van der Waals surface area contributed by atoms with E-state index in [4.69, 9.17) is 4.74 Å². The van der Waals surface area contributed by atoms with E-state index >= 15 is 0 Å². The third-order valence-corrected chi connectivity index (χ3v) is 5.59. The van der Waals surface area contributed by atoms with Gasteiger partial charge < -0.3 is 14.2 Å². The van der Waals surface area contributed by atoms with E-state index in [1.807, 2.05) is 45.4 Å². The van der Waals surface area contributed by atoms with Crippen molar-refractivity contribution in [2.75, 3.05) is 13.1 Å². The molecule has 2 aliphatic rings. The zero-order chi connectivity index (χ0) is 19.9. The Morgan fingerprint density at radius 2 is 1.89 bits per heavy atom. The summed E-state index contributed by atoms with van der Waals surface area (Å²) in [5.41, 5.74) is 2.94. The first kappa shape index (κ1) is 18.7. The van der Waals surface area contributed by atoms with E-state index in [1.54, 1.807) is 4.90 Å². The predicted molar refractivity (Wildman–Crippen MR) is 106 cm³/mol. The van der Waals surface area contributed by atoms with Crippen molar-refractivity contribution < 1.29 is 14.3 Å². The summed E-state index contributed by atoms with van der Waals surface area (Å²) >= 11 is 0. The summed E-state index contributed by atoms with van der Waals surface area (Å²) < 4.78 is 7.55. The second kappa shape index (κ2) is 7.08. The molecular formula is C22H27N3O3. The van der Waals surface area contributed by atoms with Gasteiger partial charge in [0.05, 0.1) is 24.3 Å². The molecule has 0 aliphatic carbocycles. The molecular weight excluding hydrogens is 354 g/mol. The largest absolute Gasteiger partial charge is 0.444 e. The van der Waals surface area contributed by atoms with Crippen LogP contribution in [0.3, 0.4) is 0 Å². The van der Waals surface area contributed by atoms with Crippen LogP contribution in [0.1, 0.15) is 51.6 Å². The fourth-order valence-corrected chi connectivity index (χ4v) is 4.21. The Kier molecular flexibility index (Phi) is 4.73. The van der Waals surface area contributed by atoms with Crippen molar-refractivity contribution in [3.05, 3.63) is 42.4 Å². The quantitative estimate of drug-likeness (QED) is 0.804. The number of hydrogen-bond donors (Lipinski definition) is 0. The molecule has 1 amide bonds. The van der Waals surface area contributed by atoms with Crippen LogP contribution in [0.2, 0.25) is 0 Å². The summed E-state index contributed by atoms with van der Waals surface area (Å²) in [5, 5.41) is 0. The van der Waals surface area contributed by atoms with Crippen molar-refractivity contribution in [2.45, 2.75) is 51.7 Å². The van der Waals surface area contributed by atoms with Crippen molar-refractivity contribution in [2.24, 2.45) is 5.92 Å². The minimum atomic E-state index is -0.498. The first-order valence-electron chi connectivity index (χ1n) is 9.95. The van der Waals surface area contributed by atoms with Crippen LogP contribution in [0, 0.1) is 5.92 Å². The summed E-state index contributed by atoms with van der Waals surface area (Å²) in [6.07, 6.45) is 5.26. The van der Waals surface area contributed by atoms with E-state index in [0.29, 0.717) is 32.4 Å². The predicted octanol–water partition coefficient (Wildman–Crippen LogP) is 4.06. The van der Waals surface area contributed by atoms with Gasteiger partial charge in [-0.15, -0.1) is 0 Å². The van der Waals surface area contributed by atoms with Crippen LogP contribution in [-0.4, -0.2) is 45.0 Å². The molecule has 6 heteroatoms. The van der Waals surface area contributed by atoms with Crippen LogP contribution in [0.4, 0.5) is 4.79 Å². The average molecular weight is 381 g/mol. The minimum Gasteiger partial charge on any atom is -0.444 e. The van der Waals surface area contributed by atoms with Crippen LogP contribution in [0.5, 0.6) is 0 Å². The average Bonchev–Trinajstić information content (AvgIpc) is 3.23. The van der Waals surface area contributed by atoms with Crippen LogP contribution in [0.25, 0.3) is 11.3 Å². The molecule has 1 aromatic heterocycles. The number of carbonyl (C=O) groups excluding carboxylic acids is 2. The molecule has 1 aromatic carbocycles. The topological polar surface area (TPSA) is 64.4 Å². The van der Waals surface area contributed by atoms with Gasteiger partial charge in [-0.1, -0.05) is 24.3 Å². The lowest BCUT2D eigenvalue weighted by Gasteiger charge is -2.33. The number of carbonyl (C=O) groups is 2. The summed E-state index contributed by atoms with van der Waals surface area (Å²) in [5.74, 6) is 0.267. The van der Waals surface area contributed by atoms with Gasteiger partial charge >= 0.3 is 6.09 Å². The van der Waals surface area contributed by atoms with Crippen molar-refractivity contribution in [1.82, 2.24) is 14.5 Å². The summed E-state index contributed by atoms with van der Waals surface area (Å²) in [4.78, 5) is 31.2. The molecule has 3 heterocycles. The molecule has 0 radical (unpaired) electrons. The Hall–Kier alpha value is -2.63. The molecule has 0 spiro atoms. The number of fused-ring (bicyclic) bond motifs is 3. The van der Waals surface area contributed by atoms with Gasteiger partial charge in [0.1, 0.15) is 11.4 Å². The Morgan fingerprint density at radius 1 is 1.18 bits per heavy atom. The number of ketones is 1. The minimum absolute atomic E-state index is 0.00146. The second-order valence-electron chi connectivity index (χ2n) is 8.70. The SMILES string of the molecule is CC(C)(C)OC(=O)N1CCC(C(=O)C[C@@H]2c3ccccc3-c3cncn32)CC1. The number of imidazole rings is 1. The fraction of sp³-hybridized carbons (Fsp3) is 0.500. The highest BCUT2D eigenvalue weighted by atomic mass is 16.6. The smallest absolute Gasteiger partial charge is 0.410 e. The van der Waals surface area contributed by atoms with E-state index in [1.165, 1.54) is 5.56 Å². The number of Topliss-reactive ketones (excluding diaryl/α,β-unsaturated/α-hetero) is 1. The first-order valence-corrected chi connectivity index (χ1v) is 9.95. The molecule has 0 N–H and O–H groups in total. The lowest BCUT2D eigenvalue weighted by Crippen LogP contribution is -2.43. The molecule has 6 nitrogen and oxygen atoms in total. The highest BCUT2D eigenvalue weighted by Crippen LogP contribution is 2.41. The molecule has 1 fully saturated rings. The standard InChI is InChI=1S/C22H27N3O3/c1-22(2,3)28-21(27)24-10-8-15(9-11-24)20(26)12-18-16-6-4-5-7-17(16)19-13-23-14-25(18)19/h4-7,13-15,18H,8-12H2,1-3H3/t18-/m1/s1. The van der Waals surface area contributed by atoms with Crippen LogP contribution in [-0.2, 0) is 9.53 Å². The molecule has 2 aromatic rings. The molecule has 0 bridgehead atoms. The lowest BCUT2D eigenvalue weighted by molar-refractivity contribution is -0.124. The van der Waals surface area contributed by atoms with E-state index < -0.39 is 5.60 Å². The van der Waals surface area contributed by atoms with Crippen molar-refractivity contribution in [3.8, 4) is 11.3 Å². The molecule has 148 valence electrons. The van der Waals surface area contributed by atoms with E-state index in [0.717, 1.165) is 11.3 Å². The number of likely N-dealkylation sites (tertiary alicyclic amines) is 1. The summed E-state index contributed by atoms with van der Waals surface area (Å²) in [7, 11) is 0. The van der Waals surface area contributed by atoms with Gasteiger partial charge in [-0.05, 0) is 39.2 Å². The van der Waals surface area contributed by atoms with E-state index in [2.05, 4.69) is 21.7 Å². The van der Waals surface area contributed by atoms with Gasteiger partial charge in [-0.25, -0.2) is 9.78 Å². The highest BCUT2D eigenvalue weighted by Gasteiger charge is 2.34. The maximum Gasteiger partial charge on any atom is 0.410 e. The zero-order valence-corrected chi connectivity index (χ0v) is 16.7. The van der Waals surface area contributed by atoms with Gasteiger partial charge in [0.2, 0.25) is 0 Å². The molecule has 1 saturated heterocycles. The van der Waals surface area contributed by atoms with Crippen LogP contribution >= 0.6 is 0 Å². The number of nitrogens with zero attached hydrogens (tertiary/aromatic N) is 3. The molecule has 2 aliphatic heterocycles. The number of ether oxygens (including phenoxy) is 1. The Balaban J connectivity index is 1.39. The van der Waals surface area contributed by atoms with Crippen molar-refractivity contribution in [1.29, 1.82) is 0 Å². The number of hydrogen-bond acceptors (Lipinski definition) is 4. The third-order valence-electron chi connectivity index (χ3n) is 5.59. The lowest BCUT2D eigenvalue weighted by atomic mass is 9.88.